The maximum atomic E-state index is 13.3. The Morgan fingerprint density at radius 3 is 2.67 bits per heavy atom. The van der Waals surface area contributed by atoms with Crippen molar-refractivity contribution in [2.24, 2.45) is 0 Å². The molecule has 9 heteroatoms. The minimum atomic E-state index is -2.65. The lowest BCUT2D eigenvalue weighted by molar-refractivity contribution is -0.128. The van der Waals surface area contributed by atoms with Crippen LogP contribution in [0.4, 0.5) is 20.2 Å². The Balaban J connectivity index is 1.61. The second-order valence-corrected chi connectivity index (χ2v) is 8.07. The van der Waals surface area contributed by atoms with E-state index in [1.54, 1.807) is 19.1 Å². The fourth-order valence-corrected chi connectivity index (χ4v) is 4.03. The van der Waals surface area contributed by atoms with E-state index in [0.29, 0.717) is 42.1 Å². The highest BCUT2D eigenvalue weighted by Crippen LogP contribution is 2.41. The van der Waals surface area contributed by atoms with Crippen LogP contribution in [-0.4, -0.2) is 35.0 Å². The highest BCUT2D eigenvalue weighted by Gasteiger charge is 2.45. The van der Waals surface area contributed by atoms with Crippen molar-refractivity contribution >= 4 is 23.2 Å². The number of aromatic nitrogens is 1. The number of nitrogens with zero attached hydrogens (tertiary/aromatic N) is 1. The zero-order valence-electron chi connectivity index (χ0n) is 16.9. The quantitative estimate of drug-likeness (QED) is 0.687. The Hall–Kier alpha value is -2.97. The summed E-state index contributed by atoms with van der Waals surface area (Å²) < 4.78 is 31.7. The third-order valence-electron chi connectivity index (χ3n) is 5.60. The predicted octanol–water partition coefficient (Wildman–Crippen LogP) is 3.78. The minimum Gasteiger partial charge on any atom is -0.380 e. The van der Waals surface area contributed by atoms with Gasteiger partial charge in [-0.3, -0.25) is 9.59 Å². The van der Waals surface area contributed by atoms with Crippen molar-refractivity contribution in [2.45, 2.75) is 64.0 Å². The van der Waals surface area contributed by atoms with Crippen LogP contribution in [0.1, 0.15) is 43.6 Å². The van der Waals surface area contributed by atoms with E-state index < -0.39 is 12.0 Å². The van der Waals surface area contributed by atoms with Crippen LogP contribution in [-0.2, 0) is 9.59 Å². The van der Waals surface area contributed by atoms with Gasteiger partial charge in [0.05, 0.1) is 17.1 Å². The summed E-state index contributed by atoms with van der Waals surface area (Å²) in [7, 11) is 0. The van der Waals surface area contributed by atoms with Gasteiger partial charge < -0.3 is 20.5 Å². The summed E-state index contributed by atoms with van der Waals surface area (Å²) in [6, 6.07) is 4.38. The summed E-state index contributed by atoms with van der Waals surface area (Å²) in [5, 5.41) is 12.6. The normalized spacial score (nSPS) is 20.9. The van der Waals surface area contributed by atoms with Crippen LogP contribution in [0.15, 0.2) is 22.7 Å². The van der Waals surface area contributed by atoms with Gasteiger partial charge >= 0.3 is 0 Å². The molecule has 2 fully saturated rings. The van der Waals surface area contributed by atoms with Gasteiger partial charge in [0.2, 0.25) is 11.8 Å². The second-order valence-electron chi connectivity index (χ2n) is 8.07. The summed E-state index contributed by atoms with van der Waals surface area (Å²) in [6.45, 7) is 3.62. The molecule has 0 spiro atoms. The number of nitrogens with one attached hydrogen (secondary N) is 3. The van der Waals surface area contributed by atoms with Crippen molar-refractivity contribution in [3.63, 3.8) is 0 Å². The predicted molar refractivity (Wildman–Crippen MR) is 107 cm³/mol. The highest BCUT2D eigenvalue weighted by molar-refractivity contribution is 6.00. The number of hydrogen-bond acceptors (Lipinski definition) is 5. The third-order valence-corrected chi connectivity index (χ3v) is 5.60. The van der Waals surface area contributed by atoms with Crippen molar-refractivity contribution in [3.05, 3.63) is 29.7 Å². The summed E-state index contributed by atoms with van der Waals surface area (Å²) in [4.78, 5) is 24.4. The van der Waals surface area contributed by atoms with Crippen molar-refractivity contribution in [1.82, 2.24) is 10.5 Å². The molecule has 2 heterocycles. The molecule has 0 radical (unpaired) electrons. The molecule has 4 rings (SSSR count). The summed E-state index contributed by atoms with van der Waals surface area (Å²) in [5.74, 6) is -2.49. The molecule has 7 nitrogen and oxygen atoms in total. The van der Waals surface area contributed by atoms with Crippen molar-refractivity contribution in [3.8, 4) is 11.1 Å². The Morgan fingerprint density at radius 2 is 2.03 bits per heavy atom. The lowest BCUT2D eigenvalue weighted by Crippen LogP contribution is -2.46. The lowest BCUT2D eigenvalue weighted by Gasteiger charge is -2.36. The molecule has 1 unspecified atom stereocenters. The smallest absolute Gasteiger partial charge is 0.252 e. The molecule has 160 valence electrons. The number of hydrogen-bond donors (Lipinski definition) is 3. The molecular weight excluding hydrogens is 394 g/mol. The summed E-state index contributed by atoms with van der Waals surface area (Å²) >= 11 is 0. The van der Waals surface area contributed by atoms with Gasteiger partial charge in [0.15, 0.2) is 0 Å². The molecule has 30 heavy (non-hydrogen) atoms. The summed E-state index contributed by atoms with van der Waals surface area (Å²) in [5.41, 5.74) is 3.34. The topological polar surface area (TPSA) is 96.3 Å². The summed E-state index contributed by atoms with van der Waals surface area (Å²) in [6.07, 6.45) is 1.12. The molecule has 1 aromatic heterocycles. The zero-order chi connectivity index (χ0) is 21.5. The van der Waals surface area contributed by atoms with Gasteiger partial charge in [0.25, 0.3) is 5.92 Å². The second kappa shape index (κ2) is 7.70. The van der Waals surface area contributed by atoms with E-state index in [2.05, 4.69) is 21.1 Å². The molecule has 1 atom stereocenters. The van der Waals surface area contributed by atoms with Gasteiger partial charge in [-0.05, 0) is 44.4 Å². The van der Waals surface area contributed by atoms with Crippen molar-refractivity contribution < 1.29 is 22.9 Å². The van der Waals surface area contributed by atoms with E-state index >= 15 is 0 Å². The van der Waals surface area contributed by atoms with E-state index in [4.69, 9.17) is 4.52 Å². The number of carbonyl (C=O) groups excluding carboxylic acids is 2. The lowest BCUT2D eigenvalue weighted by atomic mass is 9.88. The Kier molecular flexibility index (Phi) is 5.21. The van der Waals surface area contributed by atoms with Crippen LogP contribution in [0, 0.1) is 13.8 Å². The van der Waals surface area contributed by atoms with Crippen LogP contribution in [0.25, 0.3) is 11.1 Å². The fraction of sp³-hybridized carbons (Fsp3) is 0.476. The Labute approximate surface area is 172 Å². The van der Waals surface area contributed by atoms with Crippen molar-refractivity contribution in [2.75, 3.05) is 10.6 Å². The first kappa shape index (κ1) is 20.3. The number of carbonyl (C=O) groups is 2. The van der Waals surface area contributed by atoms with E-state index in [1.807, 2.05) is 13.0 Å². The molecule has 1 aromatic carbocycles. The van der Waals surface area contributed by atoms with Gasteiger partial charge in [-0.15, -0.1) is 0 Å². The molecule has 3 N–H and O–H groups in total. The number of anilines is 2. The Bertz CT molecular complexity index is 961. The third kappa shape index (κ3) is 4.15. The van der Waals surface area contributed by atoms with Gasteiger partial charge in [-0.25, -0.2) is 8.78 Å². The molecule has 1 aliphatic carbocycles. The van der Waals surface area contributed by atoms with E-state index in [1.165, 1.54) is 0 Å². The minimum absolute atomic E-state index is 0.152. The van der Waals surface area contributed by atoms with Gasteiger partial charge in [0.1, 0.15) is 11.8 Å². The first-order valence-electron chi connectivity index (χ1n) is 10.0. The first-order chi connectivity index (χ1) is 14.2. The first-order valence-corrected chi connectivity index (χ1v) is 10.0. The molecule has 1 aliphatic heterocycles. The Morgan fingerprint density at radius 1 is 1.27 bits per heavy atom. The molecule has 2 amide bonds. The number of piperidine rings is 1. The SMILES string of the molecule is Cc1noc(C)c1-c1ccc(NC2CC(F)(F)C2)c(NC(=O)C2CCCC(=O)N2)c1. The average molecular weight is 418 g/mol. The zero-order valence-corrected chi connectivity index (χ0v) is 16.9. The number of amides is 2. The maximum Gasteiger partial charge on any atom is 0.252 e. The van der Waals surface area contributed by atoms with Crippen molar-refractivity contribution in [1.29, 1.82) is 0 Å². The van der Waals surface area contributed by atoms with Crippen LogP contribution in [0.2, 0.25) is 0 Å². The van der Waals surface area contributed by atoms with Gasteiger partial charge in [-0.2, -0.15) is 0 Å². The maximum absolute atomic E-state index is 13.3. The molecule has 1 saturated carbocycles. The molecule has 1 saturated heterocycles. The van der Waals surface area contributed by atoms with E-state index in [9.17, 15) is 18.4 Å². The van der Waals surface area contributed by atoms with E-state index in [0.717, 1.165) is 11.1 Å². The average Bonchev–Trinajstić information content (AvgIpc) is 3.00. The fourth-order valence-electron chi connectivity index (χ4n) is 4.03. The van der Waals surface area contributed by atoms with E-state index in [-0.39, 0.29) is 30.7 Å². The van der Waals surface area contributed by atoms with Crippen LogP contribution < -0.4 is 16.0 Å². The number of halogens is 2. The molecule has 0 bridgehead atoms. The van der Waals surface area contributed by atoms with Gasteiger partial charge in [0, 0.05) is 30.9 Å². The van der Waals surface area contributed by atoms with Gasteiger partial charge in [-0.1, -0.05) is 11.2 Å². The van der Waals surface area contributed by atoms with Crippen LogP contribution >= 0.6 is 0 Å². The number of benzene rings is 1. The van der Waals surface area contributed by atoms with Crippen LogP contribution in [0.3, 0.4) is 0 Å². The number of aryl methyl sites for hydroxylation is 2. The highest BCUT2D eigenvalue weighted by atomic mass is 19.3. The number of rotatable bonds is 5. The van der Waals surface area contributed by atoms with Crippen LogP contribution in [0.5, 0.6) is 0 Å². The monoisotopic (exact) mass is 418 g/mol. The standard InChI is InChI=1S/C21H24F2N4O3/c1-11-19(12(2)30-27-11)13-6-7-15(24-14-9-21(22,23)10-14)17(8-13)26-20(29)16-4-3-5-18(28)25-16/h6-8,14,16,24H,3-5,9-10H2,1-2H3,(H,25,28)(H,26,29). The number of alkyl halides is 2. The largest absolute Gasteiger partial charge is 0.380 e. The molecule has 2 aromatic rings. The molecular formula is C21H24F2N4O3. The molecule has 2 aliphatic rings.